The Morgan fingerprint density at radius 3 is 3.06 bits per heavy atom. The Balaban J connectivity index is 2.08. The fraction of sp³-hybridized carbons (Fsp3) is 0.462. The van der Waals surface area contributed by atoms with Crippen molar-refractivity contribution < 1.29 is 9.53 Å². The Hall–Kier alpha value is -1.07. The molecule has 1 saturated heterocycles. The van der Waals surface area contributed by atoms with Crippen LogP contribution in [0.4, 0.5) is 0 Å². The molecule has 4 nitrogen and oxygen atoms in total. The number of ether oxygens (including phenoxy) is 1. The lowest BCUT2D eigenvalue weighted by atomic mass is 10.1. The van der Waals surface area contributed by atoms with Crippen LogP contribution in [0.25, 0.3) is 0 Å². The second-order valence-electron chi connectivity index (χ2n) is 4.36. The summed E-state index contributed by atoms with van der Waals surface area (Å²) in [6, 6.07) is 5.62. The lowest BCUT2D eigenvalue weighted by Crippen LogP contribution is -2.45. The summed E-state index contributed by atoms with van der Waals surface area (Å²) in [6.07, 6.45) is 2.13. The maximum Gasteiger partial charge on any atom is 0.255 e. The molecule has 0 radical (unpaired) electrons. The summed E-state index contributed by atoms with van der Waals surface area (Å²) in [5.74, 6) is 0.513. The monoisotopic (exact) mass is 312 g/mol. The number of carbonyl (C=O) groups excluding carboxylic acids is 1. The lowest BCUT2D eigenvalue weighted by Gasteiger charge is -2.24. The van der Waals surface area contributed by atoms with E-state index in [9.17, 15) is 4.79 Å². The molecule has 1 atom stereocenters. The fourth-order valence-electron chi connectivity index (χ4n) is 2.09. The molecular formula is C13H17BrN2O2. The third-order valence-electron chi connectivity index (χ3n) is 3.04. The number of rotatable bonds is 3. The highest BCUT2D eigenvalue weighted by atomic mass is 79.9. The van der Waals surface area contributed by atoms with Crippen molar-refractivity contribution in [2.75, 3.05) is 20.2 Å². The van der Waals surface area contributed by atoms with Crippen molar-refractivity contribution in [1.29, 1.82) is 0 Å². The van der Waals surface area contributed by atoms with Crippen LogP contribution in [0.15, 0.2) is 22.7 Å². The maximum atomic E-state index is 12.2. The zero-order valence-corrected chi connectivity index (χ0v) is 11.9. The molecule has 5 heteroatoms. The largest absolute Gasteiger partial charge is 0.496 e. The quantitative estimate of drug-likeness (QED) is 0.897. The van der Waals surface area contributed by atoms with Gasteiger partial charge in [-0.1, -0.05) is 15.9 Å². The number of hydrogen-bond donors (Lipinski definition) is 2. The van der Waals surface area contributed by atoms with Crippen molar-refractivity contribution in [2.45, 2.75) is 18.9 Å². The van der Waals surface area contributed by atoms with E-state index >= 15 is 0 Å². The van der Waals surface area contributed by atoms with Crippen LogP contribution in [0.5, 0.6) is 5.75 Å². The number of hydrogen-bond acceptors (Lipinski definition) is 3. The zero-order valence-electron chi connectivity index (χ0n) is 10.3. The first-order valence-corrected chi connectivity index (χ1v) is 6.85. The van der Waals surface area contributed by atoms with Gasteiger partial charge in [0.25, 0.3) is 5.91 Å². The molecule has 1 aromatic rings. The smallest absolute Gasteiger partial charge is 0.255 e. The molecular weight excluding hydrogens is 296 g/mol. The molecule has 0 aromatic heterocycles. The van der Waals surface area contributed by atoms with Gasteiger partial charge >= 0.3 is 0 Å². The summed E-state index contributed by atoms with van der Waals surface area (Å²) < 4.78 is 6.13. The molecule has 1 fully saturated rings. The SMILES string of the molecule is COc1cc(Br)ccc1C(=O)N[C@H]1CCCNC1. The molecule has 0 saturated carbocycles. The van der Waals surface area contributed by atoms with Crippen molar-refractivity contribution in [3.05, 3.63) is 28.2 Å². The van der Waals surface area contributed by atoms with Gasteiger partial charge in [-0.15, -0.1) is 0 Å². The molecule has 1 heterocycles. The first-order chi connectivity index (χ1) is 8.70. The van der Waals surface area contributed by atoms with E-state index < -0.39 is 0 Å². The minimum atomic E-state index is -0.0759. The average Bonchev–Trinajstić information content (AvgIpc) is 2.39. The van der Waals surface area contributed by atoms with Crippen LogP contribution in [0, 0.1) is 0 Å². The third kappa shape index (κ3) is 3.23. The highest BCUT2D eigenvalue weighted by Gasteiger charge is 2.18. The van der Waals surface area contributed by atoms with Gasteiger partial charge in [0.1, 0.15) is 5.75 Å². The maximum absolute atomic E-state index is 12.2. The summed E-state index contributed by atoms with van der Waals surface area (Å²) in [6.45, 7) is 1.87. The van der Waals surface area contributed by atoms with Gasteiger partial charge in [-0.25, -0.2) is 0 Å². The number of benzene rings is 1. The molecule has 1 aliphatic heterocycles. The number of piperidine rings is 1. The van der Waals surface area contributed by atoms with Crippen LogP contribution >= 0.6 is 15.9 Å². The van der Waals surface area contributed by atoms with Gasteiger partial charge in [-0.2, -0.15) is 0 Å². The zero-order chi connectivity index (χ0) is 13.0. The van der Waals surface area contributed by atoms with Gasteiger partial charge in [0.05, 0.1) is 12.7 Å². The van der Waals surface area contributed by atoms with E-state index in [4.69, 9.17) is 4.74 Å². The molecule has 18 heavy (non-hydrogen) atoms. The van der Waals surface area contributed by atoms with Gasteiger partial charge in [0.2, 0.25) is 0 Å². The molecule has 2 N–H and O–H groups in total. The molecule has 0 spiro atoms. The summed E-state index contributed by atoms with van der Waals surface area (Å²) in [7, 11) is 1.57. The summed E-state index contributed by atoms with van der Waals surface area (Å²) >= 11 is 3.36. The van der Waals surface area contributed by atoms with Gasteiger partial charge < -0.3 is 15.4 Å². The average molecular weight is 313 g/mol. The molecule has 2 rings (SSSR count). The molecule has 0 unspecified atom stereocenters. The minimum absolute atomic E-state index is 0.0759. The molecule has 98 valence electrons. The van der Waals surface area contributed by atoms with E-state index in [1.165, 1.54) is 0 Å². The van der Waals surface area contributed by atoms with Crippen molar-refractivity contribution in [3.63, 3.8) is 0 Å². The number of carbonyl (C=O) groups is 1. The Bertz CT molecular complexity index is 431. The fourth-order valence-corrected chi connectivity index (χ4v) is 2.43. The van der Waals surface area contributed by atoms with E-state index in [0.29, 0.717) is 11.3 Å². The second-order valence-corrected chi connectivity index (χ2v) is 5.28. The predicted molar refractivity (Wildman–Crippen MR) is 74.1 cm³/mol. The summed E-state index contributed by atoms with van der Waals surface area (Å²) in [5.41, 5.74) is 0.575. The second kappa shape index (κ2) is 6.20. The van der Waals surface area contributed by atoms with E-state index in [2.05, 4.69) is 26.6 Å². The van der Waals surface area contributed by atoms with Gasteiger partial charge in [0.15, 0.2) is 0 Å². The van der Waals surface area contributed by atoms with Crippen molar-refractivity contribution in [3.8, 4) is 5.75 Å². The van der Waals surface area contributed by atoms with E-state index in [0.717, 1.165) is 30.4 Å². The van der Waals surface area contributed by atoms with Crippen LogP contribution < -0.4 is 15.4 Å². The number of methoxy groups -OCH3 is 1. The normalized spacial score (nSPS) is 19.3. The van der Waals surface area contributed by atoms with Crippen LogP contribution in [-0.2, 0) is 0 Å². The summed E-state index contributed by atoms with van der Waals surface area (Å²) in [4.78, 5) is 12.2. The van der Waals surface area contributed by atoms with Crippen molar-refractivity contribution >= 4 is 21.8 Å². The first-order valence-electron chi connectivity index (χ1n) is 6.06. The minimum Gasteiger partial charge on any atom is -0.496 e. The third-order valence-corrected chi connectivity index (χ3v) is 3.53. The van der Waals surface area contributed by atoms with Gasteiger partial charge in [0, 0.05) is 17.1 Å². The van der Waals surface area contributed by atoms with Crippen LogP contribution in [-0.4, -0.2) is 32.1 Å². The molecule has 0 bridgehead atoms. The Labute approximate surface area is 115 Å². The Kier molecular flexibility index (Phi) is 4.60. The van der Waals surface area contributed by atoms with E-state index in [1.807, 2.05) is 6.07 Å². The summed E-state index contributed by atoms with van der Waals surface area (Å²) in [5, 5.41) is 6.31. The van der Waals surface area contributed by atoms with Gasteiger partial charge in [-0.3, -0.25) is 4.79 Å². The Morgan fingerprint density at radius 2 is 2.39 bits per heavy atom. The lowest BCUT2D eigenvalue weighted by molar-refractivity contribution is 0.0927. The van der Waals surface area contributed by atoms with Gasteiger partial charge in [-0.05, 0) is 37.6 Å². The number of halogens is 1. The number of nitrogens with one attached hydrogen (secondary N) is 2. The van der Waals surface area contributed by atoms with Crippen LogP contribution in [0.2, 0.25) is 0 Å². The molecule has 0 aliphatic carbocycles. The van der Waals surface area contributed by atoms with Crippen LogP contribution in [0.1, 0.15) is 23.2 Å². The molecule has 1 aliphatic rings. The standard InChI is InChI=1S/C13H17BrN2O2/c1-18-12-7-9(14)4-5-11(12)13(17)16-10-3-2-6-15-8-10/h4-5,7,10,15H,2-3,6,8H2,1H3,(H,16,17)/t10-/m0/s1. The van der Waals surface area contributed by atoms with E-state index in [-0.39, 0.29) is 11.9 Å². The topological polar surface area (TPSA) is 50.4 Å². The highest BCUT2D eigenvalue weighted by molar-refractivity contribution is 9.10. The van der Waals surface area contributed by atoms with Crippen molar-refractivity contribution in [2.24, 2.45) is 0 Å². The molecule has 1 aromatic carbocycles. The van der Waals surface area contributed by atoms with Crippen LogP contribution in [0.3, 0.4) is 0 Å². The number of amides is 1. The molecule has 1 amide bonds. The predicted octanol–water partition coefficient (Wildman–Crippen LogP) is 1.94. The highest BCUT2D eigenvalue weighted by Crippen LogP contribution is 2.23. The Morgan fingerprint density at radius 1 is 1.56 bits per heavy atom. The van der Waals surface area contributed by atoms with Crippen molar-refractivity contribution in [1.82, 2.24) is 10.6 Å². The van der Waals surface area contributed by atoms with E-state index in [1.54, 1.807) is 19.2 Å². The first kappa shape index (κ1) is 13.4.